The highest BCUT2D eigenvalue weighted by molar-refractivity contribution is 7.09. The first-order valence-corrected chi connectivity index (χ1v) is 9.15. The van der Waals surface area contributed by atoms with Gasteiger partial charge in [-0.3, -0.25) is 9.69 Å². The Morgan fingerprint density at radius 3 is 3.08 bits per heavy atom. The number of carbonyl (C=O) groups is 1. The summed E-state index contributed by atoms with van der Waals surface area (Å²) in [6.07, 6.45) is 2.33. The quantitative estimate of drug-likeness (QED) is 0.910. The lowest BCUT2D eigenvalue weighted by molar-refractivity contribution is 0.0931. The van der Waals surface area contributed by atoms with E-state index in [1.807, 2.05) is 0 Å². The monoisotopic (exact) mass is 339 g/mol. The van der Waals surface area contributed by atoms with Gasteiger partial charge in [-0.1, -0.05) is 12.1 Å². The summed E-state index contributed by atoms with van der Waals surface area (Å²) in [5, 5.41) is 14.1. The molecule has 5 heteroatoms. The standard InChI is InChI=1S/C19H21N3OS/c20-11-15-4-1-6-17(10-15)19(23)21-12-16-5-2-8-22(13-16)14-18-7-3-9-24-18/h1,3-4,6-7,9-10,16H,2,5,8,12-14H2,(H,21,23). The van der Waals surface area contributed by atoms with Gasteiger partial charge in [0.15, 0.2) is 0 Å². The number of amides is 1. The Morgan fingerprint density at radius 2 is 2.29 bits per heavy atom. The molecule has 0 saturated carbocycles. The van der Waals surface area contributed by atoms with Gasteiger partial charge in [0.2, 0.25) is 0 Å². The lowest BCUT2D eigenvalue weighted by Crippen LogP contribution is -2.40. The zero-order valence-electron chi connectivity index (χ0n) is 13.6. The van der Waals surface area contributed by atoms with Gasteiger partial charge in [-0.25, -0.2) is 0 Å². The molecule has 1 fully saturated rings. The molecule has 0 bridgehead atoms. The Bertz CT molecular complexity index is 720. The van der Waals surface area contributed by atoms with Crippen LogP contribution in [0.15, 0.2) is 41.8 Å². The van der Waals surface area contributed by atoms with Crippen molar-refractivity contribution >= 4 is 17.2 Å². The molecule has 1 aliphatic heterocycles. The van der Waals surface area contributed by atoms with E-state index < -0.39 is 0 Å². The molecular formula is C19H21N3OS. The van der Waals surface area contributed by atoms with Gasteiger partial charge in [-0.2, -0.15) is 5.26 Å². The summed E-state index contributed by atoms with van der Waals surface area (Å²) < 4.78 is 0. The third-order valence-corrected chi connectivity index (χ3v) is 5.23. The zero-order chi connectivity index (χ0) is 16.8. The summed E-state index contributed by atoms with van der Waals surface area (Å²) in [6.45, 7) is 3.85. The van der Waals surface area contributed by atoms with Crippen molar-refractivity contribution in [2.75, 3.05) is 19.6 Å². The number of nitrogens with zero attached hydrogens (tertiary/aromatic N) is 2. The molecule has 1 saturated heterocycles. The fraction of sp³-hybridized carbons (Fsp3) is 0.368. The smallest absolute Gasteiger partial charge is 0.251 e. The molecule has 1 aliphatic rings. The number of thiophene rings is 1. The molecule has 3 rings (SSSR count). The minimum absolute atomic E-state index is 0.0949. The first kappa shape index (κ1) is 16.7. The minimum atomic E-state index is -0.0949. The largest absolute Gasteiger partial charge is 0.352 e. The molecule has 0 spiro atoms. The van der Waals surface area contributed by atoms with E-state index in [-0.39, 0.29) is 5.91 Å². The van der Waals surface area contributed by atoms with Crippen LogP contribution < -0.4 is 5.32 Å². The van der Waals surface area contributed by atoms with Crippen LogP contribution in [0.1, 0.15) is 33.6 Å². The number of benzene rings is 1. The molecule has 1 unspecified atom stereocenters. The summed E-state index contributed by atoms with van der Waals surface area (Å²) >= 11 is 1.80. The second kappa shape index (κ2) is 8.09. The molecular weight excluding hydrogens is 318 g/mol. The number of hydrogen-bond donors (Lipinski definition) is 1. The van der Waals surface area contributed by atoms with Gasteiger partial charge in [0, 0.05) is 30.1 Å². The van der Waals surface area contributed by atoms with Gasteiger partial charge in [-0.05, 0) is 54.9 Å². The predicted molar refractivity (Wildman–Crippen MR) is 95.8 cm³/mol. The SMILES string of the molecule is N#Cc1cccc(C(=O)NCC2CCCN(Cc3cccs3)C2)c1. The molecule has 1 N–H and O–H groups in total. The Hall–Kier alpha value is -2.16. The van der Waals surface area contributed by atoms with Crippen LogP contribution in [-0.2, 0) is 6.54 Å². The number of nitriles is 1. The van der Waals surface area contributed by atoms with Crippen molar-refractivity contribution in [3.8, 4) is 6.07 Å². The summed E-state index contributed by atoms with van der Waals surface area (Å²) in [7, 11) is 0. The highest BCUT2D eigenvalue weighted by Crippen LogP contribution is 2.20. The number of hydrogen-bond acceptors (Lipinski definition) is 4. The van der Waals surface area contributed by atoms with E-state index in [1.165, 1.54) is 11.3 Å². The molecule has 2 aromatic rings. The number of piperidine rings is 1. The lowest BCUT2D eigenvalue weighted by atomic mass is 9.97. The Labute approximate surface area is 146 Å². The topological polar surface area (TPSA) is 56.1 Å². The van der Waals surface area contributed by atoms with Gasteiger partial charge in [0.25, 0.3) is 5.91 Å². The maximum Gasteiger partial charge on any atom is 0.251 e. The van der Waals surface area contributed by atoms with Crippen LogP contribution in [-0.4, -0.2) is 30.4 Å². The summed E-state index contributed by atoms with van der Waals surface area (Å²) in [5.74, 6) is 0.393. The average molecular weight is 339 g/mol. The predicted octanol–water partition coefficient (Wildman–Crippen LogP) is 3.26. The summed E-state index contributed by atoms with van der Waals surface area (Å²) in [6, 6.07) is 13.2. The molecule has 2 heterocycles. The van der Waals surface area contributed by atoms with Gasteiger partial charge in [-0.15, -0.1) is 11.3 Å². The second-order valence-electron chi connectivity index (χ2n) is 6.23. The lowest BCUT2D eigenvalue weighted by Gasteiger charge is -2.32. The molecule has 1 atom stereocenters. The fourth-order valence-corrected chi connectivity index (χ4v) is 3.90. The van der Waals surface area contributed by atoms with Crippen LogP contribution in [0.4, 0.5) is 0 Å². The van der Waals surface area contributed by atoms with E-state index in [9.17, 15) is 4.79 Å². The third-order valence-electron chi connectivity index (χ3n) is 4.37. The third kappa shape index (κ3) is 4.44. The Balaban J connectivity index is 1.50. The normalized spacial score (nSPS) is 18.0. The van der Waals surface area contributed by atoms with Crippen LogP contribution in [0.2, 0.25) is 0 Å². The van der Waals surface area contributed by atoms with Crippen molar-refractivity contribution in [1.29, 1.82) is 5.26 Å². The average Bonchev–Trinajstić information content (AvgIpc) is 3.13. The van der Waals surface area contributed by atoms with Gasteiger partial charge in [0.1, 0.15) is 0 Å². The fourth-order valence-electron chi connectivity index (χ4n) is 3.15. The summed E-state index contributed by atoms with van der Waals surface area (Å²) in [4.78, 5) is 16.1. The molecule has 4 nitrogen and oxygen atoms in total. The van der Waals surface area contributed by atoms with Crippen LogP contribution >= 0.6 is 11.3 Å². The van der Waals surface area contributed by atoms with Crippen molar-refractivity contribution in [1.82, 2.24) is 10.2 Å². The second-order valence-corrected chi connectivity index (χ2v) is 7.26. The Morgan fingerprint density at radius 1 is 1.38 bits per heavy atom. The molecule has 0 radical (unpaired) electrons. The summed E-state index contributed by atoms with van der Waals surface area (Å²) in [5.41, 5.74) is 1.07. The maximum atomic E-state index is 12.3. The van der Waals surface area contributed by atoms with E-state index >= 15 is 0 Å². The van der Waals surface area contributed by atoms with E-state index in [0.29, 0.717) is 23.6 Å². The highest BCUT2D eigenvalue weighted by Gasteiger charge is 2.21. The first-order chi connectivity index (χ1) is 11.7. The van der Waals surface area contributed by atoms with Crippen molar-refractivity contribution in [2.24, 2.45) is 5.92 Å². The van der Waals surface area contributed by atoms with Crippen LogP contribution in [0.25, 0.3) is 0 Å². The number of rotatable bonds is 5. The molecule has 0 aliphatic carbocycles. The van der Waals surface area contributed by atoms with E-state index in [0.717, 1.165) is 26.1 Å². The minimum Gasteiger partial charge on any atom is -0.352 e. The number of carbonyl (C=O) groups excluding carboxylic acids is 1. The first-order valence-electron chi connectivity index (χ1n) is 8.27. The van der Waals surface area contributed by atoms with Gasteiger partial charge >= 0.3 is 0 Å². The van der Waals surface area contributed by atoms with E-state index in [4.69, 9.17) is 5.26 Å². The zero-order valence-corrected chi connectivity index (χ0v) is 14.4. The van der Waals surface area contributed by atoms with Gasteiger partial charge < -0.3 is 5.32 Å². The molecule has 1 aromatic heterocycles. The van der Waals surface area contributed by atoms with Gasteiger partial charge in [0.05, 0.1) is 11.6 Å². The van der Waals surface area contributed by atoms with Crippen molar-refractivity contribution in [3.63, 3.8) is 0 Å². The van der Waals surface area contributed by atoms with Crippen molar-refractivity contribution in [3.05, 3.63) is 57.8 Å². The van der Waals surface area contributed by atoms with Crippen molar-refractivity contribution in [2.45, 2.75) is 19.4 Å². The van der Waals surface area contributed by atoms with Crippen molar-refractivity contribution < 1.29 is 4.79 Å². The highest BCUT2D eigenvalue weighted by atomic mass is 32.1. The number of nitrogens with one attached hydrogen (secondary N) is 1. The number of likely N-dealkylation sites (tertiary alicyclic amines) is 1. The maximum absolute atomic E-state index is 12.3. The Kier molecular flexibility index (Phi) is 5.63. The van der Waals surface area contributed by atoms with E-state index in [1.54, 1.807) is 35.6 Å². The molecule has 24 heavy (non-hydrogen) atoms. The molecule has 1 aromatic carbocycles. The van der Waals surface area contributed by atoms with Crippen LogP contribution in [0, 0.1) is 17.2 Å². The van der Waals surface area contributed by atoms with E-state index in [2.05, 4.69) is 33.8 Å². The molecule has 124 valence electrons. The van der Waals surface area contributed by atoms with Crippen LogP contribution in [0.3, 0.4) is 0 Å². The van der Waals surface area contributed by atoms with Crippen LogP contribution in [0.5, 0.6) is 0 Å². The molecule has 1 amide bonds.